The van der Waals surface area contributed by atoms with Crippen molar-refractivity contribution in [3.63, 3.8) is 0 Å². The summed E-state index contributed by atoms with van der Waals surface area (Å²) >= 11 is 1.48. The van der Waals surface area contributed by atoms with Crippen LogP contribution in [0.4, 0.5) is 5.69 Å². The Kier molecular flexibility index (Phi) is 4.51. The molecule has 0 saturated heterocycles. The fourth-order valence-electron chi connectivity index (χ4n) is 3.18. The van der Waals surface area contributed by atoms with Crippen LogP contribution in [-0.4, -0.2) is 25.9 Å². The first kappa shape index (κ1) is 16.8. The minimum atomic E-state index is -0.185. The van der Waals surface area contributed by atoms with Crippen LogP contribution in [0.2, 0.25) is 0 Å². The number of aromatic nitrogens is 3. The van der Waals surface area contributed by atoms with Gasteiger partial charge in [0.05, 0.1) is 5.25 Å². The number of benzene rings is 2. The smallest absolute Gasteiger partial charge is 0.237 e. The summed E-state index contributed by atoms with van der Waals surface area (Å²) in [6, 6.07) is 16.2. The molecule has 1 aromatic heterocycles. The van der Waals surface area contributed by atoms with Gasteiger partial charge < -0.3 is 9.88 Å². The van der Waals surface area contributed by atoms with E-state index >= 15 is 0 Å². The van der Waals surface area contributed by atoms with Crippen molar-refractivity contribution in [1.29, 1.82) is 0 Å². The van der Waals surface area contributed by atoms with Crippen LogP contribution in [0.1, 0.15) is 17.5 Å². The first-order valence-electron chi connectivity index (χ1n) is 8.63. The second kappa shape index (κ2) is 6.96. The topological polar surface area (TPSA) is 59.8 Å². The average molecular weight is 364 g/mol. The number of amides is 1. The number of carbonyl (C=O) groups is 1. The van der Waals surface area contributed by atoms with Crippen molar-refractivity contribution in [2.75, 3.05) is 5.32 Å². The fourth-order valence-corrected chi connectivity index (χ4v) is 4.17. The Morgan fingerprint density at radius 1 is 1.15 bits per heavy atom. The lowest BCUT2D eigenvalue weighted by molar-refractivity contribution is -0.115. The molecule has 6 heteroatoms. The Morgan fingerprint density at radius 3 is 2.85 bits per heavy atom. The van der Waals surface area contributed by atoms with Gasteiger partial charge in [0.1, 0.15) is 0 Å². The molecule has 1 N–H and O–H groups in total. The highest BCUT2D eigenvalue weighted by Crippen LogP contribution is 2.32. The molecule has 0 saturated carbocycles. The highest BCUT2D eigenvalue weighted by molar-refractivity contribution is 8.00. The molecule has 0 spiro atoms. The molecule has 5 nitrogen and oxygen atoms in total. The summed E-state index contributed by atoms with van der Waals surface area (Å²) in [6.45, 7) is 2.06. The lowest BCUT2D eigenvalue weighted by Crippen LogP contribution is -2.24. The largest absolute Gasteiger partial charge is 0.325 e. The van der Waals surface area contributed by atoms with Gasteiger partial charge in [-0.15, -0.1) is 10.2 Å². The van der Waals surface area contributed by atoms with Crippen molar-refractivity contribution in [2.24, 2.45) is 7.05 Å². The fraction of sp³-hybridized carbons (Fsp3) is 0.250. The molecule has 0 bridgehead atoms. The van der Waals surface area contributed by atoms with Crippen molar-refractivity contribution in [2.45, 2.75) is 30.2 Å². The minimum Gasteiger partial charge on any atom is -0.325 e. The molecule has 3 aromatic rings. The number of rotatable bonds is 3. The van der Waals surface area contributed by atoms with Crippen LogP contribution in [0, 0.1) is 6.92 Å². The van der Waals surface area contributed by atoms with Gasteiger partial charge in [-0.1, -0.05) is 53.7 Å². The molecule has 2 aromatic carbocycles. The second-order valence-corrected chi connectivity index (χ2v) is 7.70. The lowest BCUT2D eigenvalue weighted by Gasteiger charge is -2.12. The maximum atomic E-state index is 12.6. The van der Waals surface area contributed by atoms with Crippen molar-refractivity contribution < 1.29 is 4.79 Å². The van der Waals surface area contributed by atoms with E-state index in [-0.39, 0.29) is 11.2 Å². The van der Waals surface area contributed by atoms with Gasteiger partial charge in [0.2, 0.25) is 5.91 Å². The number of aryl methyl sites for hydroxylation is 2. The molecular formula is C20H20N4OS. The number of hydrogen-bond donors (Lipinski definition) is 1. The highest BCUT2D eigenvalue weighted by Gasteiger charge is 2.26. The van der Waals surface area contributed by atoms with Gasteiger partial charge >= 0.3 is 0 Å². The number of hydrogen-bond acceptors (Lipinski definition) is 4. The monoisotopic (exact) mass is 364 g/mol. The van der Waals surface area contributed by atoms with Gasteiger partial charge in [-0.05, 0) is 37.5 Å². The molecule has 0 aliphatic carbocycles. The van der Waals surface area contributed by atoms with Crippen LogP contribution in [0.3, 0.4) is 0 Å². The Morgan fingerprint density at radius 2 is 2.00 bits per heavy atom. The first-order valence-corrected chi connectivity index (χ1v) is 9.51. The molecule has 1 unspecified atom stereocenters. The summed E-state index contributed by atoms with van der Waals surface area (Å²) in [6.07, 6.45) is 1.65. The highest BCUT2D eigenvalue weighted by atomic mass is 32.2. The van der Waals surface area contributed by atoms with E-state index in [1.165, 1.54) is 22.9 Å². The van der Waals surface area contributed by atoms with E-state index in [1.807, 2.05) is 41.9 Å². The van der Waals surface area contributed by atoms with Crippen LogP contribution in [0.25, 0.3) is 11.4 Å². The van der Waals surface area contributed by atoms with Gasteiger partial charge in [-0.2, -0.15) is 0 Å². The molecule has 0 radical (unpaired) electrons. The van der Waals surface area contributed by atoms with E-state index in [0.717, 1.165) is 35.1 Å². The predicted octanol–water partition coefficient (Wildman–Crippen LogP) is 3.84. The number of thioether (sulfide) groups is 1. The van der Waals surface area contributed by atoms with E-state index in [9.17, 15) is 4.79 Å². The first-order chi connectivity index (χ1) is 12.6. The Labute approximate surface area is 156 Å². The molecule has 132 valence electrons. The summed E-state index contributed by atoms with van der Waals surface area (Å²) in [4.78, 5) is 12.6. The Bertz CT molecular complexity index is 966. The summed E-state index contributed by atoms with van der Waals surface area (Å²) in [5.41, 5.74) is 4.31. The van der Waals surface area contributed by atoms with Crippen molar-refractivity contribution in [3.05, 3.63) is 59.7 Å². The molecule has 2 heterocycles. The van der Waals surface area contributed by atoms with E-state index in [0.29, 0.717) is 0 Å². The summed E-state index contributed by atoms with van der Waals surface area (Å²) in [7, 11) is 1.95. The molecule has 1 aliphatic heterocycles. The van der Waals surface area contributed by atoms with Gasteiger partial charge in [0.25, 0.3) is 0 Å². The quantitative estimate of drug-likeness (QED) is 0.767. The number of anilines is 1. The lowest BCUT2D eigenvalue weighted by atomic mass is 10.1. The summed E-state index contributed by atoms with van der Waals surface area (Å²) in [5, 5.41) is 12.3. The Hall–Kier alpha value is -2.60. The predicted molar refractivity (Wildman–Crippen MR) is 104 cm³/mol. The van der Waals surface area contributed by atoms with Crippen LogP contribution in [0.15, 0.2) is 53.7 Å². The molecular weight excluding hydrogens is 344 g/mol. The maximum absolute atomic E-state index is 12.6. The molecule has 4 rings (SSSR count). The standard InChI is InChI=1S/C20H20N4OS/c1-13-6-5-8-15(12-13)18-22-23-20(24(18)2)26-17-11-10-14-7-3-4-9-16(14)21-19(17)25/h3-9,12,17H,10-11H2,1-2H3,(H,21,25). The number of fused-ring (bicyclic) bond motifs is 1. The molecule has 26 heavy (non-hydrogen) atoms. The zero-order valence-corrected chi connectivity index (χ0v) is 15.6. The van der Waals surface area contributed by atoms with Crippen molar-refractivity contribution in [3.8, 4) is 11.4 Å². The van der Waals surface area contributed by atoms with E-state index < -0.39 is 0 Å². The van der Waals surface area contributed by atoms with Crippen LogP contribution >= 0.6 is 11.8 Å². The van der Waals surface area contributed by atoms with Gasteiger partial charge in [-0.25, -0.2) is 0 Å². The third-order valence-electron chi connectivity index (χ3n) is 4.60. The summed E-state index contributed by atoms with van der Waals surface area (Å²) < 4.78 is 1.96. The molecule has 1 aliphatic rings. The normalized spacial score (nSPS) is 16.7. The third-order valence-corrected chi connectivity index (χ3v) is 5.90. The van der Waals surface area contributed by atoms with Crippen molar-refractivity contribution in [1.82, 2.24) is 14.8 Å². The zero-order valence-electron chi connectivity index (χ0n) is 14.8. The van der Waals surface area contributed by atoms with E-state index in [4.69, 9.17) is 0 Å². The van der Waals surface area contributed by atoms with Gasteiger partial charge in [0.15, 0.2) is 11.0 Å². The van der Waals surface area contributed by atoms with E-state index in [2.05, 4.69) is 40.6 Å². The summed E-state index contributed by atoms with van der Waals surface area (Å²) in [5.74, 6) is 0.841. The SMILES string of the molecule is Cc1cccc(-c2nnc(SC3CCc4ccccc4NC3=O)n2C)c1. The number of para-hydroxylation sites is 1. The zero-order chi connectivity index (χ0) is 18.1. The number of nitrogens with zero attached hydrogens (tertiary/aromatic N) is 3. The third kappa shape index (κ3) is 3.24. The van der Waals surface area contributed by atoms with Crippen molar-refractivity contribution >= 4 is 23.4 Å². The van der Waals surface area contributed by atoms with Gasteiger partial charge in [0, 0.05) is 18.3 Å². The maximum Gasteiger partial charge on any atom is 0.237 e. The van der Waals surface area contributed by atoms with Crippen LogP contribution in [-0.2, 0) is 18.3 Å². The molecule has 1 atom stereocenters. The van der Waals surface area contributed by atoms with E-state index in [1.54, 1.807) is 0 Å². The molecule has 0 fully saturated rings. The van der Waals surface area contributed by atoms with Crippen LogP contribution in [0.5, 0.6) is 0 Å². The Balaban J connectivity index is 1.56. The number of nitrogens with one attached hydrogen (secondary N) is 1. The second-order valence-electron chi connectivity index (χ2n) is 6.53. The van der Waals surface area contributed by atoms with Gasteiger partial charge in [-0.3, -0.25) is 4.79 Å². The minimum absolute atomic E-state index is 0.0278. The molecule has 1 amide bonds. The average Bonchev–Trinajstić information content (AvgIpc) is 2.91. The number of carbonyl (C=O) groups excluding carboxylic acids is 1. The van der Waals surface area contributed by atoms with Crippen LogP contribution < -0.4 is 5.32 Å².